The zero-order valence-corrected chi connectivity index (χ0v) is 8.81. The Balaban J connectivity index is 4.98. The molecule has 0 spiro atoms. The molecule has 1 N–H and O–H groups in total. The Labute approximate surface area is 82.8 Å². The summed E-state index contributed by atoms with van der Waals surface area (Å²) in [5, 5.41) is 1.45. The SMILES string of the molecule is C\C=C(F)/C(NN(C)C)=C(F)\C=N\C. The van der Waals surface area contributed by atoms with Crippen molar-refractivity contribution in [3.63, 3.8) is 0 Å². The third-order valence-electron chi connectivity index (χ3n) is 1.31. The van der Waals surface area contributed by atoms with Crippen LogP contribution in [0.3, 0.4) is 0 Å². The highest BCUT2D eigenvalue weighted by molar-refractivity contribution is 5.77. The van der Waals surface area contributed by atoms with Crippen LogP contribution in [-0.4, -0.2) is 32.4 Å². The van der Waals surface area contributed by atoms with Gasteiger partial charge < -0.3 is 5.43 Å². The van der Waals surface area contributed by atoms with Gasteiger partial charge in [0.05, 0.1) is 6.21 Å². The molecule has 0 aliphatic heterocycles. The van der Waals surface area contributed by atoms with Crippen LogP contribution in [-0.2, 0) is 0 Å². The lowest BCUT2D eigenvalue weighted by Gasteiger charge is -2.15. The first-order chi connectivity index (χ1) is 6.52. The van der Waals surface area contributed by atoms with E-state index < -0.39 is 11.7 Å². The molecule has 0 aromatic rings. The number of allylic oxidation sites excluding steroid dienone is 3. The number of nitrogens with one attached hydrogen (secondary N) is 1. The molecule has 0 radical (unpaired) electrons. The van der Waals surface area contributed by atoms with Crippen LogP contribution in [0.1, 0.15) is 6.92 Å². The summed E-state index contributed by atoms with van der Waals surface area (Å²) in [6.07, 6.45) is 2.13. The van der Waals surface area contributed by atoms with Crippen LogP contribution in [0, 0.1) is 0 Å². The number of nitrogens with zero attached hydrogens (tertiary/aromatic N) is 2. The van der Waals surface area contributed by atoms with Gasteiger partial charge in [-0.25, -0.2) is 13.8 Å². The lowest BCUT2D eigenvalue weighted by molar-refractivity contribution is 0.318. The molecule has 14 heavy (non-hydrogen) atoms. The summed E-state index contributed by atoms with van der Waals surface area (Å²) >= 11 is 0. The number of halogens is 2. The molecule has 0 fully saturated rings. The van der Waals surface area contributed by atoms with Crippen LogP contribution in [0.15, 0.2) is 28.4 Å². The maximum Gasteiger partial charge on any atom is 0.168 e. The quantitative estimate of drug-likeness (QED) is 0.428. The van der Waals surface area contributed by atoms with Crippen molar-refractivity contribution in [3.8, 4) is 0 Å². The highest BCUT2D eigenvalue weighted by Gasteiger charge is 2.10. The van der Waals surface area contributed by atoms with E-state index in [0.717, 1.165) is 6.21 Å². The smallest absolute Gasteiger partial charge is 0.168 e. The Morgan fingerprint density at radius 1 is 1.36 bits per heavy atom. The van der Waals surface area contributed by atoms with E-state index in [1.807, 2.05) is 0 Å². The van der Waals surface area contributed by atoms with Crippen LogP contribution < -0.4 is 5.43 Å². The Morgan fingerprint density at radius 3 is 2.29 bits per heavy atom. The van der Waals surface area contributed by atoms with Gasteiger partial charge in [-0.2, -0.15) is 0 Å². The van der Waals surface area contributed by atoms with Gasteiger partial charge in [0, 0.05) is 21.1 Å². The molecule has 0 saturated carbocycles. The van der Waals surface area contributed by atoms with E-state index in [1.165, 1.54) is 25.1 Å². The van der Waals surface area contributed by atoms with Gasteiger partial charge in [-0.1, -0.05) is 0 Å². The first kappa shape index (κ1) is 12.8. The molecular formula is C9H15F2N3. The fourth-order valence-corrected chi connectivity index (χ4v) is 0.767. The summed E-state index contributed by atoms with van der Waals surface area (Å²) < 4.78 is 26.4. The Hall–Kier alpha value is -1.23. The topological polar surface area (TPSA) is 27.6 Å². The summed E-state index contributed by atoms with van der Waals surface area (Å²) in [5.74, 6) is -1.40. The zero-order valence-electron chi connectivity index (χ0n) is 8.81. The van der Waals surface area contributed by atoms with Gasteiger partial charge in [0.25, 0.3) is 0 Å². The number of hydrogen-bond donors (Lipinski definition) is 1. The normalized spacial score (nSPS) is 14.9. The van der Waals surface area contributed by atoms with Gasteiger partial charge in [0.15, 0.2) is 5.83 Å². The van der Waals surface area contributed by atoms with Crippen molar-refractivity contribution in [2.75, 3.05) is 21.1 Å². The van der Waals surface area contributed by atoms with Gasteiger partial charge in [0.1, 0.15) is 11.5 Å². The maximum atomic E-state index is 13.2. The molecule has 80 valence electrons. The molecule has 0 atom stereocenters. The van der Waals surface area contributed by atoms with Crippen molar-refractivity contribution in [1.82, 2.24) is 10.4 Å². The molecule has 0 aliphatic rings. The van der Waals surface area contributed by atoms with E-state index in [-0.39, 0.29) is 5.70 Å². The first-order valence-corrected chi connectivity index (χ1v) is 4.11. The molecule has 0 amide bonds. The van der Waals surface area contributed by atoms with Crippen LogP contribution >= 0.6 is 0 Å². The molecule has 3 nitrogen and oxygen atoms in total. The lowest BCUT2D eigenvalue weighted by atomic mass is 10.3. The Morgan fingerprint density at radius 2 is 1.93 bits per heavy atom. The summed E-state index contributed by atoms with van der Waals surface area (Å²) in [6, 6.07) is 0. The fourth-order valence-electron chi connectivity index (χ4n) is 0.767. The minimum Gasteiger partial charge on any atom is -0.314 e. The Bertz CT molecular complexity index is 267. The molecule has 0 bridgehead atoms. The van der Waals surface area contributed by atoms with Crippen molar-refractivity contribution < 1.29 is 8.78 Å². The standard InChI is InChI=1S/C9H15F2N3/c1-5-7(10)9(13-14(3)4)8(11)6-12-2/h5-6,13H,1-4H3/b7-5+,9-8-,12-6+. The third kappa shape index (κ3) is 4.13. The van der Waals surface area contributed by atoms with E-state index >= 15 is 0 Å². The average molecular weight is 203 g/mol. The molecule has 0 saturated heterocycles. The van der Waals surface area contributed by atoms with Gasteiger partial charge in [0.2, 0.25) is 0 Å². The second-order valence-corrected chi connectivity index (χ2v) is 2.75. The average Bonchev–Trinajstić information content (AvgIpc) is 2.13. The van der Waals surface area contributed by atoms with E-state index in [4.69, 9.17) is 0 Å². The predicted octanol–water partition coefficient (Wildman–Crippen LogP) is 1.81. The van der Waals surface area contributed by atoms with Gasteiger partial charge in [-0.15, -0.1) is 0 Å². The van der Waals surface area contributed by atoms with E-state index in [1.54, 1.807) is 14.1 Å². The first-order valence-electron chi connectivity index (χ1n) is 4.11. The highest BCUT2D eigenvalue weighted by Crippen LogP contribution is 2.13. The second kappa shape index (κ2) is 6.26. The van der Waals surface area contributed by atoms with Gasteiger partial charge in [-0.3, -0.25) is 4.99 Å². The van der Waals surface area contributed by atoms with Crippen molar-refractivity contribution in [2.24, 2.45) is 4.99 Å². The van der Waals surface area contributed by atoms with Gasteiger partial charge >= 0.3 is 0 Å². The fraction of sp³-hybridized carbons (Fsp3) is 0.444. The van der Waals surface area contributed by atoms with Crippen molar-refractivity contribution in [2.45, 2.75) is 6.92 Å². The molecule has 0 aliphatic carbocycles. The van der Waals surface area contributed by atoms with E-state index in [0.29, 0.717) is 0 Å². The molecule has 5 heteroatoms. The summed E-state index contributed by atoms with van der Waals surface area (Å²) in [7, 11) is 4.69. The maximum absolute atomic E-state index is 13.2. The Kier molecular flexibility index (Phi) is 5.71. The lowest BCUT2D eigenvalue weighted by Crippen LogP contribution is -2.30. The number of hydrogen-bond acceptors (Lipinski definition) is 3. The minimum absolute atomic E-state index is 0.219. The number of aliphatic imine (C=N–C) groups is 1. The summed E-state index contributed by atoms with van der Waals surface area (Å²) in [6.45, 7) is 1.49. The molecular weight excluding hydrogens is 188 g/mol. The van der Waals surface area contributed by atoms with Crippen molar-refractivity contribution in [3.05, 3.63) is 23.4 Å². The van der Waals surface area contributed by atoms with Gasteiger partial charge in [-0.05, 0) is 13.0 Å². The molecule has 0 heterocycles. The van der Waals surface area contributed by atoms with Crippen LogP contribution in [0.5, 0.6) is 0 Å². The van der Waals surface area contributed by atoms with Crippen molar-refractivity contribution in [1.29, 1.82) is 0 Å². The molecule has 0 rings (SSSR count). The van der Waals surface area contributed by atoms with E-state index in [2.05, 4.69) is 10.4 Å². The summed E-state index contributed by atoms with van der Waals surface area (Å²) in [5.41, 5.74) is 2.30. The molecule has 0 aromatic carbocycles. The second-order valence-electron chi connectivity index (χ2n) is 2.75. The number of hydrazine groups is 1. The zero-order chi connectivity index (χ0) is 11.1. The van der Waals surface area contributed by atoms with Crippen LogP contribution in [0.4, 0.5) is 8.78 Å². The highest BCUT2D eigenvalue weighted by atomic mass is 19.1. The largest absolute Gasteiger partial charge is 0.314 e. The van der Waals surface area contributed by atoms with Crippen molar-refractivity contribution >= 4 is 6.21 Å². The van der Waals surface area contributed by atoms with E-state index in [9.17, 15) is 8.78 Å². The van der Waals surface area contributed by atoms with Crippen LogP contribution in [0.25, 0.3) is 0 Å². The summed E-state index contributed by atoms with van der Waals surface area (Å²) in [4.78, 5) is 3.47. The monoisotopic (exact) mass is 203 g/mol. The van der Waals surface area contributed by atoms with Crippen LogP contribution in [0.2, 0.25) is 0 Å². The number of rotatable bonds is 4. The molecule has 0 unspecified atom stereocenters. The predicted molar refractivity (Wildman–Crippen MR) is 54.2 cm³/mol. The third-order valence-corrected chi connectivity index (χ3v) is 1.31. The minimum atomic E-state index is -0.739. The molecule has 0 aromatic heterocycles.